The maximum atomic E-state index is 11.6. The second-order valence-corrected chi connectivity index (χ2v) is 4.28. The van der Waals surface area contributed by atoms with Crippen molar-refractivity contribution in [1.29, 1.82) is 0 Å². The van der Waals surface area contributed by atoms with Crippen molar-refractivity contribution in [1.82, 2.24) is 5.32 Å². The molecule has 1 amide bonds. The number of anilines is 2. The Morgan fingerprint density at radius 2 is 2.11 bits per heavy atom. The van der Waals surface area contributed by atoms with Crippen LogP contribution < -0.4 is 16.0 Å². The van der Waals surface area contributed by atoms with Crippen molar-refractivity contribution in [2.45, 2.75) is 13.3 Å². The molecule has 1 aromatic rings. The fourth-order valence-corrected chi connectivity index (χ4v) is 1.63. The highest BCUT2D eigenvalue weighted by Crippen LogP contribution is 2.23. The average Bonchev–Trinajstić information content (AvgIpc) is 2.36. The monoisotopic (exact) mass is 265 g/mol. The third-order valence-electron chi connectivity index (χ3n) is 2.64. The second-order valence-electron chi connectivity index (χ2n) is 4.28. The highest BCUT2D eigenvalue weighted by molar-refractivity contribution is 5.91. The Balaban J connectivity index is 2.81. The number of carboxylic acid groups (broad SMARTS) is 1. The Hall–Kier alpha value is -2.24. The largest absolute Gasteiger partial charge is 0.478 e. The molecule has 0 spiro atoms. The number of benzene rings is 1. The summed E-state index contributed by atoms with van der Waals surface area (Å²) in [4.78, 5) is 24.1. The van der Waals surface area contributed by atoms with Gasteiger partial charge in [0.05, 0.1) is 23.5 Å². The molecule has 4 N–H and O–H groups in total. The van der Waals surface area contributed by atoms with Crippen LogP contribution in [0.15, 0.2) is 18.2 Å². The Labute approximate surface area is 112 Å². The number of carbonyl (C=O) groups excluding carboxylic acids is 1. The molecule has 104 valence electrons. The molecule has 0 unspecified atom stereocenters. The van der Waals surface area contributed by atoms with E-state index in [9.17, 15) is 9.59 Å². The molecular weight excluding hydrogens is 246 g/mol. The summed E-state index contributed by atoms with van der Waals surface area (Å²) in [5, 5.41) is 11.7. The van der Waals surface area contributed by atoms with Crippen LogP contribution in [0.1, 0.15) is 23.7 Å². The van der Waals surface area contributed by atoms with Gasteiger partial charge in [0.1, 0.15) is 0 Å². The van der Waals surface area contributed by atoms with Crippen LogP contribution in [0.5, 0.6) is 0 Å². The molecule has 0 aliphatic rings. The van der Waals surface area contributed by atoms with Crippen molar-refractivity contribution in [3.8, 4) is 0 Å². The number of carboxylic acids is 1. The first kappa shape index (κ1) is 14.8. The van der Waals surface area contributed by atoms with Crippen molar-refractivity contribution in [2.75, 3.05) is 30.8 Å². The zero-order valence-corrected chi connectivity index (χ0v) is 11.1. The SMILES string of the molecule is CCCNC(=O)CN(C)c1cc(C(=O)O)ccc1N. The molecule has 6 heteroatoms. The molecule has 0 bridgehead atoms. The molecule has 0 saturated carbocycles. The van der Waals surface area contributed by atoms with Crippen LogP contribution in [0.4, 0.5) is 11.4 Å². The van der Waals surface area contributed by atoms with Gasteiger partial charge in [0.15, 0.2) is 0 Å². The summed E-state index contributed by atoms with van der Waals surface area (Å²) in [5.41, 5.74) is 6.92. The number of rotatable bonds is 6. The molecular formula is C13H19N3O3. The van der Waals surface area contributed by atoms with E-state index in [0.29, 0.717) is 17.9 Å². The summed E-state index contributed by atoms with van der Waals surface area (Å²) >= 11 is 0. The first-order valence-electron chi connectivity index (χ1n) is 6.06. The second kappa shape index (κ2) is 6.63. The van der Waals surface area contributed by atoms with Crippen molar-refractivity contribution < 1.29 is 14.7 Å². The fourth-order valence-electron chi connectivity index (χ4n) is 1.63. The zero-order valence-electron chi connectivity index (χ0n) is 11.1. The van der Waals surface area contributed by atoms with Gasteiger partial charge in [-0.15, -0.1) is 0 Å². The van der Waals surface area contributed by atoms with Crippen molar-refractivity contribution in [2.24, 2.45) is 0 Å². The number of nitrogens with two attached hydrogens (primary N) is 1. The van der Waals surface area contributed by atoms with Crippen LogP contribution in [-0.4, -0.2) is 37.1 Å². The van der Waals surface area contributed by atoms with E-state index >= 15 is 0 Å². The van der Waals surface area contributed by atoms with Crippen LogP contribution in [0.3, 0.4) is 0 Å². The summed E-state index contributed by atoms with van der Waals surface area (Å²) in [7, 11) is 1.70. The molecule has 1 aromatic carbocycles. The number of nitrogens with zero attached hydrogens (tertiary/aromatic N) is 1. The topological polar surface area (TPSA) is 95.7 Å². The fraction of sp³-hybridized carbons (Fsp3) is 0.385. The van der Waals surface area contributed by atoms with E-state index in [1.54, 1.807) is 11.9 Å². The van der Waals surface area contributed by atoms with Crippen molar-refractivity contribution in [3.63, 3.8) is 0 Å². The zero-order chi connectivity index (χ0) is 14.4. The standard InChI is InChI=1S/C13H19N3O3/c1-3-6-15-12(17)8-16(2)11-7-9(13(18)19)4-5-10(11)14/h4-5,7H,3,6,8,14H2,1-2H3,(H,15,17)(H,18,19). The Bertz CT molecular complexity index is 474. The average molecular weight is 265 g/mol. The first-order chi connectivity index (χ1) is 8.95. The van der Waals surface area contributed by atoms with Gasteiger partial charge >= 0.3 is 5.97 Å². The van der Waals surface area contributed by atoms with E-state index in [4.69, 9.17) is 10.8 Å². The van der Waals surface area contributed by atoms with Crippen LogP contribution in [0.2, 0.25) is 0 Å². The molecule has 0 saturated heterocycles. The van der Waals surface area contributed by atoms with Gasteiger partial charge in [-0.2, -0.15) is 0 Å². The Kier molecular flexibility index (Phi) is 5.17. The molecule has 0 aromatic heterocycles. The lowest BCUT2D eigenvalue weighted by atomic mass is 10.1. The van der Waals surface area contributed by atoms with E-state index < -0.39 is 5.97 Å². The minimum absolute atomic E-state index is 0.121. The van der Waals surface area contributed by atoms with E-state index in [0.717, 1.165) is 6.42 Å². The Morgan fingerprint density at radius 1 is 1.42 bits per heavy atom. The number of hydrogen-bond donors (Lipinski definition) is 3. The maximum Gasteiger partial charge on any atom is 0.335 e. The number of nitrogens with one attached hydrogen (secondary N) is 1. The number of likely N-dealkylation sites (N-methyl/N-ethyl adjacent to an activating group) is 1. The molecule has 0 fully saturated rings. The molecule has 19 heavy (non-hydrogen) atoms. The predicted molar refractivity (Wildman–Crippen MR) is 74.4 cm³/mol. The maximum absolute atomic E-state index is 11.6. The van der Waals surface area contributed by atoms with Crippen LogP contribution in [-0.2, 0) is 4.79 Å². The molecule has 0 aliphatic heterocycles. The number of carbonyl (C=O) groups is 2. The van der Waals surface area contributed by atoms with Gasteiger partial charge in [-0.25, -0.2) is 4.79 Å². The van der Waals surface area contributed by atoms with E-state index in [1.807, 2.05) is 6.92 Å². The van der Waals surface area contributed by atoms with Crippen LogP contribution >= 0.6 is 0 Å². The van der Waals surface area contributed by atoms with Gasteiger partial charge in [-0.3, -0.25) is 4.79 Å². The normalized spacial score (nSPS) is 10.0. The summed E-state index contributed by atoms with van der Waals surface area (Å²) in [5.74, 6) is -1.14. The molecule has 6 nitrogen and oxygen atoms in total. The lowest BCUT2D eigenvalue weighted by molar-refractivity contribution is -0.119. The van der Waals surface area contributed by atoms with Gasteiger partial charge in [0.2, 0.25) is 5.91 Å². The van der Waals surface area contributed by atoms with E-state index in [-0.39, 0.29) is 18.0 Å². The van der Waals surface area contributed by atoms with Gasteiger partial charge < -0.3 is 21.1 Å². The summed E-state index contributed by atoms with van der Waals surface area (Å²) in [6.07, 6.45) is 0.867. The highest BCUT2D eigenvalue weighted by Gasteiger charge is 2.12. The molecule has 0 heterocycles. The summed E-state index contributed by atoms with van der Waals surface area (Å²) in [6, 6.07) is 4.43. The number of amides is 1. The van der Waals surface area contributed by atoms with Gasteiger partial charge in [-0.05, 0) is 24.6 Å². The third-order valence-corrected chi connectivity index (χ3v) is 2.64. The summed E-state index contributed by atoms with van der Waals surface area (Å²) < 4.78 is 0. The van der Waals surface area contributed by atoms with Crippen molar-refractivity contribution >= 4 is 23.3 Å². The summed E-state index contributed by atoms with van der Waals surface area (Å²) in [6.45, 7) is 2.73. The number of hydrogen-bond acceptors (Lipinski definition) is 4. The minimum atomic E-state index is -1.02. The minimum Gasteiger partial charge on any atom is -0.478 e. The van der Waals surface area contributed by atoms with E-state index in [2.05, 4.69) is 5.32 Å². The smallest absolute Gasteiger partial charge is 0.335 e. The lowest BCUT2D eigenvalue weighted by Gasteiger charge is -2.21. The molecule has 1 rings (SSSR count). The predicted octanol–water partition coefficient (Wildman–Crippen LogP) is 0.929. The van der Waals surface area contributed by atoms with Gasteiger partial charge in [0, 0.05) is 13.6 Å². The number of aromatic carboxylic acids is 1. The van der Waals surface area contributed by atoms with Crippen LogP contribution in [0.25, 0.3) is 0 Å². The van der Waals surface area contributed by atoms with Gasteiger partial charge in [0.25, 0.3) is 0 Å². The molecule has 0 aliphatic carbocycles. The third kappa shape index (κ3) is 4.17. The highest BCUT2D eigenvalue weighted by atomic mass is 16.4. The van der Waals surface area contributed by atoms with Crippen LogP contribution in [0, 0.1) is 0 Å². The lowest BCUT2D eigenvalue weighted by Crippen LogP contribution is -2.35. The number of nitrogen functional groups attached to an aromatic ring is 1. The first-order valence-corrected chi connectivity index (χ1v) is 6.06. The molecule has 0 radical (unpaired) electrons. The van der Waals surface area contributed by atoms with Crippen molar-refractivity contribution in [3.05, 3.63) is 23.8 Å². The quantitative estimate of drug-likeness (QED) is 0.665. The molecule has 0 atom stereocenters. The Morgan fingerprint density at radius 3 is 2.68 bits per heavy atom. The van der Waals surface area contributed by atoms with E-state index in [1.165, 1.54) is 18.2 Å². The van der Waals surface area contributed by atoms with Gasteiger partial charge in [-0.1, -0.05) is 6.92 Å².